The highest BCUT2D eigenvalue weighted by Crippen LogP contribution is 2.12. The van der Waals surface area contributed by atoms with Crippen LogP contribution in [-0.2, 0) is 23.9 Å². The number of aliphatic hydroxyl groups excluding tert-OH is 1. The van der Waals surface area contributed by atoms with Gasteiger partial charge in [-0.1, -0.05) is 117 Å². The van der Waals surface area contributed by atoms with Gasteiger partial charge in [-0.05, 0) is 12.8 Å². The average Bonchev–Trinajstić information content (AvgIpc) is 2.93. The predicted octanol–water partition coefficient (Wildman–Crippen LogP) is 5.35. The minimum absolute atomic E-state index is 0.0759. The average molecular weight is 558 g/mol. The van der Waals surface area contributed by atoms with Crippen LogP contribution in [0.5, 0.6) is 0 Å². The molecular formula is C31H61N2O6+. The third kappa shape index (κ3) is 23.9. The van der Waals surface area contributed by atoms with E-state index in [4.69, 9.17) is 9.47 Å². The Bertz CT molecular complexity index is 562. The topological polar surface area (TPSA) is 121 Å². The number of quaternary nitrogens is 1. The fraction of sp³-hybridized carbons (Fsp3) is 0.903. The Morgan fingerprint density at radius 3 is 1.28 bits per heavy atom. The molecule has 0 aliphatic heterocycles. The Morgan fingerprint density at radius 1 is 0.615 bits per heavy atom. The van der Waals surface area contributed by atoms with Crippen LogP contribution >= 0.6 is 0 Å². The first kappa shape index (κ1) is 37.3. The molecular weight excluding hydrogens is 496 g/mol. The highest BCUT2D eigenvalue weighted by molar-refractivity contribution is 5.80. The van der Waals surface area contributed by atoms with E-state index in [0.29, 0.717) is 12.8 Å². The number of aliphatic hydroxyl groups is 1. The first-order valence-electron chi connectivity index (χ1n) is 16.0. The zero-order chi connectivity index (χ0) is 29.0. The van der Waals surface area contributed by atoms with E-state index in [1.54, 1.807) is 0 Å². The SMILES string of the molecule is CCCCCCCCCCCC(=O)OCCN(CCOC(=O)CCCCCCCCCCC)C(=O)C([NH3+])CO. The zero-order valence-electron chi connectivity index (χ0n) is 25.4. The number of hydrogen-bond donors (Lipinski definition) is 2. The van der Waals surface area contributed by atoms with Gasteiger partial charge in [0, 0.05) is 12.8 Å². The molecule has 39 heavy (non-hydrogen) atoms. The van der Waals surface area contributed by atoms with Crippen molar-refractivity contribution in [2.24, 2.45) is 0 Å². The van der Waals surface area contributed by atoms with Crippen LogP contribution < -0.4 is 5.73 Å². The maximum atomic E-state index is 12.6. The van der Waals surface area contributed by atoms with Crippen molar-refractivity contribution < 1.29 is 34.7 Å². The number of carbonyl (C=O) groups is 3. The monoisotopic (exact) mass is 557 g/mol. The molecule has 0 saturated carbocycles. The lowest BCUT2D eigenvalue weighted by molar-refractivity contribution is -0.411. The van der Waals surface area contributed by atoms with E-state index in [1.165, 1.54) is 81.9 Å². The molecule has 0 rings (SSSR count). The van der Waals surface area contributed by atoms with E-state index in [1.807, 2.05) is 0 Å². The van der Waals surface area contributed by atoms with Crippen LogP contribution in [0.3, 0.4) is 0 Å². The van der Waals surface area contributed by atoms with Gasteiger partial charge in [-0.15, -0.1) is 0 Å². The molecule has 0 spiro atoms. The lowest BCUT2D eigenvalue weighted by Crippen LogP contribution is -2.70. The van der Waals surface area contributed by atoms with Crippen molar-refractivity contribution in [1.82, 2.24) is 4.90 Å². The maximum Gasteiger partial charge on any atom is 0.305 e. The molecule has 1 unspecified atom stereocenters. The standard InChI is InChI=1S/C31H60N2O6/c1-3-5-7-9-11-13-15-17-19-21-29(35)38-25-23-33(31(37)28(32)27-34)24-26-39-30(36)22-20-18-16-14-12-10-8-6-4-2/h28,34H,3-27,32H2,1-2H3/p+1. The third-order valence-electron chi connectivity index (χ3n) is 7.10. The van der Waals surface area contributed by atoms with Crippen molar-refractivity contribution >= 4 is 17.8 Å². The molecule has 0 aromatic rings. The van der Waals surface area contributed by atoms with Crippen LogP contribution in [0.25, 0.3) is 0 Å². The molecule has 0 saturated heterocycles. The molecule has 0 radical (unpaired) electrons. The van der Waals surface area contributed by atoms with E-state index in [-0.39, 0.29) is 50.8 Å². The summed E-state index contributed by atoms with van der Waals surface area (Å²) in [7, 11) is 0. The number of nitrogens with zero attached hydrogens (tertiary/aromatic N) is 1. The van der Waals surface area contributed by atoms with Crippen molar-refractivity contribution in [3.8, 4) is 0 Å². The number of carbonyl (C=O) groups excluding carboxylic acids is 3. The van der Waals surface area contributed by atoms with Crippen LogP contribution in [0.15, 0.2) is 0 Å². The van der Waals surface area contributed by atoms with Gasteiger partial charge in [0.15, 0.2) is 6.04 Å². The number of ether oxygens (including phenoxy) is 2. The lowest BCUT2D eigenvalue weighted by atomic mass is 10.1. The van der Waals surface area contributed by atoms with E-state index in [2.05, 4.69) is 19.6 Å². The Hall–Kier alpha value is -1.67. The van der Waals surface area contributed by atoms with Crippen LogP contribution in [0.1, 0.15) is 142 Å². The van der Waals surface area contributed by atoms with Gasteiger partial charge in [-0.25, -0.2) is 0 Å². The molecule has 8 nitrogen and oxygen atoms in total. The van der Waals surface area contributed by atoms with E-state index < -0.39 is 6.04 Å². The van der Waals surface area contributed by atoms with Gasteiger partial charge < -0.3 is 25.2 Å². The van der Waals surface area contributed by atoms with Gasteiger partial charge in [0.25, 0.3) is 5.91 Å². The summed E-state index contributed by atoms with van der Waals surface area (Å²) in [6.07, 6.45) is 22.1. The molecule has 0 fully saturated rings. The zero-order valence-corrected chi connectivity index (χ0v) is 25.4. The molecule has 1 atom stereocenters. The fourth-order valence-electron chi connectivity index (χ4n) is 4.51. The molecule has 230 valence electrons. The van der Waals surface area contributed by atoms with Gasteiger partial charge in [0.2, 0.25) is 0 Å². The molecule has 1 amide bonds. The van der Waals surface area contributed by atoms with E-state index >= 15 is 0 Å². The van der Waals surface area contributed by atoms with Crippen LogP contribution in [0.4, 0.5) is 0 Å². The van der Waals surface area contributed by atoms with Gasteiger partial charge in [-0.3, -0.25) is 14.4 Å². The summed E-state index contributed by atoms with van der Waals surface area (Å²) in [5, 5.41) is 9.33. The second-order valence-corrected chi connectivity index (χ2v) is 10.8. The second kappa shape index (κ2) is 27.9. The van der Waals surface area contributed by atoms with Crippen molar-refractivity contribution in [2.45, 2.75) is 148 Å². The van der Waals surface area contributed by atoms with Crippen LogP contribution in [0.2, 0.25) is 0 Å². The first-order valence-corrected chi connectivity index (χ1v) is 16.0. The summed E-state index contributed by atoms with van der Waals surface area (Å²) in [6, 6.07) is -0.805. The Balaban J connectivity index is 4.05. The lowest BCUT2D eigenvalue weighted by Gasteiger charge is -2.23. The summed E-state index contributed by atoms with van der Waals surface area (Å²) in [5.74, 6) is -0.861. The maximum absolute atomic E-state index is 12.6. The normalized spacial score (nSPS) is 11.8. The van der Waals surface area contributed by atoms with Gasteiger partial charge >= 0.3 is 11.9 Å². The van der Waals surface area contributed by atoms with Gasteiger partial charge in [-0.2, -0.15) is 0 Å². The first-order chi connectivity index (χ1) is 19.0. The van der Waals surface area contributed by atoms with E-state index in [9.17, 15) is 19.5 Å². The number of esters is 2. The molecule has 0 aliphatic carbocycles. The summed E-state index contributed by atoms with van der Waals surface area (Å²) in [4.78, 5) is 38.2. The number of hydrogen-bond acceptors (Lipinski definition) is 6. The molecule has 0 aromatic carbocycles. The van der Waals surface area contributed by atoms with E-state index in [0.717, 1.165) is 38.5 Å². The van der Waals surface area contributed by atoms with Crippen LogP contribution in [-0.4, -0.2) is 66.8 Å². The minimum Gasteiger partial charge on any atom is -0.464 e. The summed E-state index contributed by atoms with van der Waals surface area (Å²) >= 11 is 0. The van der Waals surface area contributed by atoms with Crippen molar-refractivity contribution in [2.75, 3.05) is 32.9 Å². The quantitative estimate of drug-likeness (QED) is 0.0989. The number of amides is 1. The number of rotatable bonds is 28. The molecule has 0 aromatic heterocycles. The Kier molecular flexibility index (Phi) is 26.7. The van der Waals surface area contributed by atoms with Crippen molar-refractivity contribution in [1.29, 1.82) is 0 Å². The smallest absolute Gasteiger partial charge is 0.305 e. The minimum atomic E-state index is -0.805. The second-order valence-electron chi connectivity index (χ2n) is 10.8. The molecule has 0 aliphatic rings. The van der Waals surface area contributed by atoms with Gasteiger partial charge in [0.05, 0.1) is 13.1 Å². The van der Waals surface area contributed by atoms with Crippen molar-refractivity contribution in [3.63, 3.8) is 0 Å². The molecule has 0 bridgehead atoms. The summed E-state index contributed by atoms with van der Waals surface area (Å²) in [5.41, 5.74) is 3.68. The number of unbranched alkanes of at least 4 members (excludes halogenated alkanes) is 16. The Morgan fingerprint density at radius 2 is 0.949 bits per heavy atom. The Labute approximate surface area is 238 Å². The molecule has 8 heteroatoms. The molecule has 4 N–H and O–H groups in total. The predicted molar refractivity (Wildman–Crippen MR) is 156 cm³/mol. The third-order valence-corrected chi connectivity index (χ3v) is 7.10. The van der Waals surface area contributed by atoms with Crippen LogP contribution in [0, 0.1) is 0 Å². The highest BCUT2D eigenvalue weighted by Gasteiger charge is 2.23. The largest absolute Gasteiger partial charge is 0.464 e. The molecule has 0 heterocycles. The fourth-order valence-corrected chi connectivity index (χ4v) is 4.51. The highest BCUT2D eigenvalue weighted by atomic mass is 16.5. The van der Waals surface area contributed by atoms with Gasteiger partial charge in [0.1, 0.15) is 19.8 Å². The summed E-state index contributed by atoms with van der Waals surface area (Å²) < 4.78 is 10.6. The van der Waals surface area contributed by atoms with Crippen molar-refractivity contribution in [3.05, 3.63) is 0 Å². The summed E-state index contributed by atoms with van der Waals surface area (Å²) in [6.45, 7) is 4.59.